The molecule has 15 heteroatoms. The van der Waals surface area contributed by atoms with Crippen LogP contribution in [0.2, 0.25) is 0 Å². The lowest BCUT2D eigenvalue weighted by Crippen LogP contribution is -2.21. The molecule has 0 aliphatic carbocycles. The number of aromatic nitrogens is 3. The number of esters is 3. The maximum absolute atomic E-state index is 13.1. The number of aryl methyl sites for hydroxylation is 3. The second-order valence-electron chi connectivity index (χ2n) is 32.4. The van der Waals surface area contributed by atoms with Crippen LogP contribution < -0.4 is 28.4 Å². The highest BCUT2D eigenvalue weighted by Gasteiger charge is 2.19. The number of pyridine rings is 3. The predicted octanol–water partition coefficient (Wildman–Crippen LogP) is 27.6. The number of carbonyl (C=O) groups is 3. The molecule has 0 aliphatic heterocycles. The van der Waals surface area contributed by atoms with Gasteiger partial charge in [0.2, 0.25) is 0 Å². The van der Waals surface area contributed by atoms with Gasteiger partial charge in [-0.15, -0.1) is 0 Å². The molecule has 123 heavy (non-hydrogen) atoms. The summed E-state index contributed by atoms with van der Waals surface area (Å²) in [5.41, 5.74) is 12.2. The molecule has 15 nitrogen and oxygen atoms in total. The van der Waals surface area contributed by atoms with Gasteiger partial charge >= 0.3 is 17.9 Å². The number of rotatable bonds is 65. The fraction of sp³-hybridized carbons (Fsp3) is 0.444. The number of carbonyl (C=O) groups excluding carboxylic acids is 3. The van der Waals surface area contributed by atoms with Gasteiger partial charge in [0.25, 0.3) is 0 Å². The van der Waals surface area contributed by atoms with Crippen LogP contribution in [-0.2, 0) is 47.9 Å². The van der Waals surface area contributed by atoms with Crippen molar-refractivity contribution in [3.8, 4) is 68.3 Å². The summed E-state index contributed by atoms with van der Waals surface area (Å²) >= 11 is 0. The number of unbranched alkanes of at least 4 members (excludes halogenated alkanes) is 27. The lowest BCUT2D eigenvalue weighted by Gasteiger charge is -2.19. The highest BCUT2D eigenvalue weighted by atomic mass is 16.7. The summed E-state index contributed by atoms with van der Waals surface area (Å²) in [7, 11) is 0. The summed E-state index contributed by atoms with van der Waals surface area (Å²) in [6, 6.07) is 57.3. The maximum atomic E-state index is 13.1. The van der Waals surface area contributed by atoms with Gasteiger partial charge in [-0.05, 0) is 238 Å². The SMILES string of the molecule is C=C(C(=O)Oc1ccc(-c2ccc(CCCCC)cn2)cc1)c1ccc(OCCCCCCCCCCOCCC(OCCCCCCCCCCOc2ccc(C(=C)C(=O)Oc3ccc(-c4ccc(CCCCC)cn4)cc3)cc2)OCCCCCCCCCCOc2ccc(C(=C)C(=O)Oc3ccc(-c4ccc(CCCCC)cn4)cc3)cc2)cc1. The average Bonchev–Trinajstić information content (AvgIpc) is 0.848. The van der Waals surface area contributed by atoms with Crippen molar-refractivity contribution < 1.29 is 57.0 Å². The van der Waals surface area contributed by atoms with Crippen LogP contribution in [0, 0.1) is 0 Å². The van der Waals surface area contributed by atoms with Gasteiger partial charge in [-0.2, -0.15) is 0 Å². The zero-order chi connectivity index (χ0) is 86.4. The van der Waals surface area contributed by atoms with Gasteiger partial charge in [-0.1, -0.05) is 249 Å². The van der Waals surface area contributed by atoms with Gasteiger partial charge in [0.05, 0.1) is 60.2 Å². The Hall–Kier alpha value is -10.3. The Morgan fingerprint density at radius 1 is 0.268 bits per heavy atom. The van der Waals surface area contributed by atoms with Crippen LogP contribution in [-0.4, -0.2) is 85.4 Å². The van der Waals surface area contributed by atoms with Crippen molar-refractivity contribution in [1.29, 1.82) is 0 Å². The summed E-state index contributed by atoms with van der Waals surface area (Å²) in [6.45, 7) is 23.4. The molecule has 0 radical (unpaired) electrons. The van der Waals surface area contributed by atoms with E-state index in [-0.39, 0.29) is 23.0 Å². The van der Waals surface area contributed by atoms with Gasteiger partial charge in [-0.3, -0.25) is 15.0 Å². The molecule has 3 heterocycles. The molecule has 6 aromatic carbocycles. The lowest BCUT2D eigenvalue weighted by atomic mass is 10.1. The number of hydrogen-bond donors (Lipinski definition) is 0. The first-order valence-corrected chi connectivity index (χ1v) is 46.3. The smallest absolute Gasteiger partial charge is 0.343 e. The van der Waals surface area contributed by atoms with E-state index in [1.165, 1.54) is 152 Å². The molecule has 0 aliphatic rings. The Kier molecular flexibility index (Phi) is 45.4. The largest absolute Gasteiger partial charge is 0.494 e. The van der Waals surface area contributed by atoms with Crippen LogP contribution in [0.1, 0.15) is 272 Å². The predicted molar refractivity (Wildman–Crippen MR) is 500 cm³/mol. The minimum absolute atomic E-state index is 0.265. The Balaban J connectivity index is 0.588. The average molecular weight is 1670 g/mol. The minimum atomic E-state index is -0.494. The maximum Gasteiger partial charge on any atom is 0.343 e. The third kappa shape index (κ3) is 37.3. The van der Waals surface area contributed by atoms with Gasteiger partial charge in [-0.25, -0.2) is 14.4 Å². The fourth-order valence-corrected chi connectivity index (χ4v) is 14.6. The summed E-state index contributed by atoms with van der Waals surface area (Å²) in [5.74, 6) is 2.19. The molecule has 9 aromatic rings. The van der Waals surface area contributed by atoms with Crippen molar-refractivity contribution in [2.45, 2.75) is 265 Å². The standard InChI is InChI=1S/C108H137N3O12/c1-7-10-31-40-87-43-70-102(109-81-87)93-52-64-99(65-53-93)121-106(112)84(4)90-46-58-96(59-47-90)116-75-35-26-20-14-13-19-25-34-74-115-80-73-105(119-78-38-29-23-17-15-21-27-36-76-117-97-60-48-91(49-61-97)85(5)107(113)122-100-66-54-94(55-67-100)103-71-44-88(82-110-103)41-32-11-8-2)120-79-39-30-24-18-16-22-28-37-77-118-98-62-50-92(51-63-98)86(6)108(114)123-101-68-56-95(57-69-101)104-72-45-89(83-111-104)42-33-12-9-3/h43-72,81-83,105H,4-42,73-80H2,1-3H3. The molecule has 0 spiro atoms. The first-order valence-electron chi connectivity index (χ1n) is 46.3. The van der Waals surface area contributed by atoms with Crippen molar-refractivity contribution in [3.05, 3.63) is 254 Å². The quantitative estimate of drug-likeness (QED) is 0.0116. The Bertz CT molecular complexity index is 4260. The van der Waals surface area contributed by atoms with Crippen molar-refractivity contribution in [1.82, 2.24) is 15.0 Å². The van der Waals surface area contributed by atoms with E-state index in [0.29, 0.717) is 73.6 Å². The van der Waals surface area contributed by atoms with E-state index in [0.717, 1.165) is 160 Å². The van der Waals surface area contributed by atoms with Crippen molar-refractivity contribution in [2.24, 2.45) is 0 Å². The van der Waals surface area contributed by atoms with Gasteiger partial charge in [0.15, 0.2) is 6.29 Å². The summed E-state index contributed by atoms with van der Waals surface area (Å²) in [6.07, 6.45) is 47.4. The molecule has 0 amide bonds. The number of ether oxygens (including phenoxy) is 9. The second-order valence-corrected chi connectivity index (χ2v) is 32.4. The molecule has 0 unspecified atom stereocenters. The van der Waals surface area contributed by atoms with Crippen LogP contribution in [0.3, 0.4) is 0 Å². The topological polar surface area (TPSA) is 173 Å². The highest BCUT2D eigenvalue weighted by Crippen LogP contribution is 2.30. The first-order chi connectivity index (χ1) is 60.4. The number of nitrogens with zero attached hydrogens (tertiary/aromatic N) is 3. The van der Waals surface area contributed by atoms with E-state index in [2.05, 4.69) is 73.7 Å². The molecule has 0 atom stereocenters. The summed E-state index contributed by atoms with van der Waals surface area (Å²) in [5, 5.41) is 0. The molecule has 0 saturated heterocycles. The minimum Gasteiger partial charge on any atom is -0.494 e. The number of benzene rings is 6. The highest BCUT2D eigenvalue weighted by molar-refractivity contribution is 6.17. The monoisotopic (exact) mass is 1670 g/mol. The summed E-state index contributed by atoms with van der Waals surface area (Å²) in [4.78, 5) is 53.1. The van der Waals surface area contributed by atoms with Crippen LogP contribution in [0.15, 0.2) is 220 Å². The molecule has 0 saturated carbocycles. The van der Waals surface area contributed by atoms with Crippen molar-refractivity contribution in [2.75, 3.05) is 46.2 Å². The van der Waals surface area contributed by atoms with Crippen LogP contribution >= 0.6 is 0 Å². The third-order valence-corrected chi connectivity index (χ3v) is 22.3. The molecule has 656 valence electrons. The van der Waals surface area contributed by atoms with Crippen LogP contribution in [0.25, 0.3) is 50.5 Å². The van der Waals surface area contributed by atoms with E-state index < -0.39 is 17.9 Å². The molecular weight excluding hydrogens is 1530 g/mol. The van der Waals surface area contributed by atoms with E-state index in [1.54, 1.807) is 36.4 Å². The van der Waals surface area contributed by atoms with Gasteiger partial charge < -0.3 is 42.6 Å². The zero-order valence-electron chi connectivity index (χ0n) is 74.1. The van der Waals surface area contributed by atoms with E-state index >= 15 is 0 Å². The van der Waals surface area contributed by atoms with Crippen LogP contribution in [0.4, 0.5) is 0 Å². The Morgan fingerprint density at radius 2 is 0.520 bits per heavy atom. The normalized spacial score (nSPS) is 11.2. The van der Waals surface area contributed by atoms with E-state index in [4.69, 9.17) is 42.6 Å². The van der Waals surface area contributed by atoms with Crippen LogP contribution in [0.5, 0.6) is 34.5 Å². The number of hydrogen-bond acceptors (Lipinski definition) is 15. The van der Waals surface area contributed by atoms with E-state index in [1.807, 2.05) is 146 Å². The van der Waals surface area contributed by atoms with Gasteiger partial charge in [0, 0.05) is 61.5 Å². The van der Waals surface area contributed by atoms with Gasteiger partial charge in [0.1, 0.15) is 34.5 Å². The molecular formula is C108H137N3O12. The summed E-state index contributed by atoms with van der Waals surface area (Å²) < 4.78 is 54.2. The molecule has 0 bridgehead atoms. The second kappa shape index (κ2) is 57.9. The first kappa shape index (κ1) is 96.5. The molecule has 3 aromatic heterocycles. The third-order valence-electron chi connectivity index (χ3n) is 22.3. The molecule has 0 N–H and O–H groups in total. The fourth-order valence-electron chi connectivity index (χ4n) is 14.6. The van der Waals surface area contributed by atoms with Crippen molar-refractivity contribution >= 4 is 34.6 Å². The Labute approximate surface area is 735 Å². The molecule has 9 rings (SSSR count). The molecule has 0 fully saturated rings. The Morgan fingerprint density at radius 3 is 0.780 bits per heavy atom. The van der Waals surface area contributed by atoms with E-state index in [9.17, 15) is 14.4 Å². The zero-order valence-corrected chi connectivity index (χ0v) is 74.1. The van der Waals surface area contributed by atoms with Crippen molar-refractivity contribution in [3.63, 3.8) is 0 Å². The lowest BCUT2D eigenvalue weighted by molar-refractivity contribution is -0.154.